The van der Waals surface area contributed by atoms with Gasteiger partial charge in [-0.3, -0.25) is 9.59 Å². The molecule has 18 heavy (non-hydrogen) atoms. The van der Waals surface area contributed by atoms with Crippen LogP contribution in [0.2, 0.25) is 0 Å². The average Bonchev–Trinajstić information content (AvgIpc) is 2.32. The third-order valence-electron chi connectivity index (χ3n) is 2.36. The van der Waals surface area contributed by atoms with E-state index in [1.54, 1.807) is 0 Å². The minimum atomic E-state index is -0.849. The molecule has 0 saturated carbocycles. The molecule has 0 bridgehead atoms. The first-order valence-electron chi connectivity index (χ1n) is 5.19. The van der Waals surface area contributed by atoms with Crippen LogP contribution in [-0.2, 0) is 9.59 Å². The minimum Gasteiger partial charge on any atom is -0.343 e. The van der Waals surface area contributed by atoms with E-state index in [4.69, 9.17) is 0 Å². The van der Waals surface area contributed by atoms with Crippen molar-refractivity contribution in [2.24, 2.45) is 0 Å². The Morgan fingerprint density at radius 1 is 1.44 bits per heavy atom. The van der Waals surface area contributed by atoms with E-state index < -0.39 is 23.6 Å². The highest BCUT2D eigenvalue weighted by Gasteiger charge is 2.25. The lowest BCUT2D eigenvalue weighted by Crippen LogP contribution is -2.49. The molecule has 7 heteroatoms. The molecule has 0 aliphatic carbocycles. The van der Waals surface area contributed by atoms with Gasteiger partial charge in [0.05, 0.1) is 11.4 Å². The Morgan fingerprint density at radius 3 is 2.89 bits per heavy atom. The van der Waals surface area contributed by atoms with Gasteiger partial charge in [-0.2, -0.15) is 0 Å². The molecule has 0 spiro atoms. The van der Waals surface area contributed by atoms with E-state index in [-0.39, 0.29) is 11.6 Å². The predicted octanol–water partition coefficient (Wildman–Crippen LogP) is 1.13. The predicted molar refractivity (Wildman–Crippen MR) is 64.2 cm³/mol. The molecule has 1 fully saturated rings. The second-order valence-corrected chi connectivity index (χ2v) is 4.78. The van der Waals surface area contributed by atoms with Gasteiger partial charge in [-0.25, -0.2) is 8.78 Å². The zero-order valence-electron chi connectivity index (χ0n) is 9.20. The first-order valence-corrected chi connectivity index (χ1v) is 6.35. The number of hydrogen-bond donors (Lipinski definition) is 2. The first kappa shape index (κ1) is 12.8. The fourth-order valence-electron chi connectivity index (χ4n) is 1.50. The molecule has 1 aromatic rings. The molecule has 1 aliphatic rings. The zero-order chi connectivity index (χ0) is 13.1. The molecule has 1 atom stereocenters. The molecule has 0 radical (unpaired) electrons. The number of benzene rings is 1. The van der Waals surface area contributed by atoms with Gasteiger partial charge in [-0.1, -0.05) is 0 Å². The van der Waals surface area contributed by atoms with Gasteiger partial charge in [0.25, 0.3) is 0 Å². The summed E-state index contributed by atoms with van der Waals surface area (Å²) in [7, 11) is 0. The van der Waals surface area contributed by atoms with Crippen molar-refractivity contribution >= 4 is 29.3 Å². The van der Waals surface area contributed by atoms with E-state index in [0.717, 1.165) is 12.1 Å². The zero-order valence-corrected chi connectivity index (χ0v) is 10.0. The quantitative estimate of drug-likeness (QED) is 0.848. The fourth-order valence-corrected chi connectivity index (χ4v) is 2.36. The SMILES string of the molecule is O=C1CSCC(C(=O)Nc2ccc(F)cc2F)N1. The second kappa shape index (κ2) is 5.34. The highest BCUT2D eigenvalue weighted by molar-refractivity contribution is 8.00. The Morgan fingerprint density at radius 2 is 2.22 bits per heavy atom. The minimum absolute atomic E-state index is 0.105. The Hall–Kier alpha value is -1.63. The normalized spacial score (nSPS) is 19.2. The van der Waals surface area contributed by atoms with Gasteiger partial charge in [0.15, 0.2) is 0 Å². The Labute approximate surface area is 106 Å². The van der Waals surface area contributed by atoms with E-state index >= 15 is 0 Å². The summed E-state index contributed by atoms with van der Waals surface area (Å²) in [6.07, 6.45) is 0. The van der Waals surface area contributed by atoms with Gasteiger partial charge in [0, 0.05) is 11.8 Å². The van der Waals surface area contributed by atoms with Crippen molar-refractivity contribution in [1.82, 2.24) is 5.32 Å². The van der Waals surface area contributed by atoms with E-state index in [1.165, 1.54) is 11.8 Å². The standard InChI is InChI=1S/C11H10F2N2O2S/c12-6-1-2-8(7(13)3-6)15-11(17)9-4-18-5-10(16)14-9/h1-3,9H,4-5H2,(H,14,16)(H,15,17). The van der Waals surface area contributed by atoms with Crippen LogP contribution in [0.4, 0.5) is 14.5 Å². The van der Waals surface area contributed by atoms with Crippen molar-refractivity contribution in [3.8, 4) is 0 Å². The van der Waals surface area contributed by atoms with Crippen LogP contribution in [0.1, 0.15) is 0 Å². The van der Waals surface area contributed by atoms with Crippen molar-refractivity contribution in [3.05, 3.63) is 29.8 Å². The molecule has 1 unspecified atom stereocenters. The molecule has 2 amide bonds. The topological polar surface area (TPSA) is 58.2 Å². The molecular formula is C11H10F2N2O2S. The van der Waals surface area contributed by atoms with Gasteiger partial charge >= 0.3 is 0 Å². The summed E-state index contributed by atoms with van der Waals surface area (Å²) >= 11 is 1.33. The van der Waals surface area contributed by atoms with Gasteiger partial charge < -0.3 is 10.6 Å². The van der Waals surface area contributed by atoms with Crippen LogP contribution >= 0.6 is 11.8 Å². The number of nitrogens with one attached hydrogen (secondary N) is 2. The molecule has 4 nitrogen and oxygen atoms in total. The van der Waals surface area contributed by atoms with Crippen LogP contribution < -0.4 is 10.6 Å². The fraction of sp³-hybridized carbons (Fsp3) is 0.273. The molecule has 1 saturated heterocycles. The van der Waals surface area contributed by atoms with Crippen molar-refractivity contribution in [2.45, 2.75) is 6.04 Å². The number of carbonyl (C=O) groups is 2. The summed E-state index contributed by atoms with van der Waals surface area (Å²) < 4.78 is 26.0. The van der Waals surface area contributed by atoms with Gasteiger partial charge in [0.1, 0.15) is 17.7 Å². The average molecular weight is 272 g/mol. The van der Waals surface area contributed by atoms with Crippen LogP contribution in [0.3, 0.4) is 0 Å². The number of halogens is 2. The molecule has 2 N–H and O–H groups in total. The smallest absolute Gasteiger partial charge is 0.247 e. The largest absolute Gasteiger partial charge is 0.343 e. The summed E-state index contributed by atoms with van der Waals surface area (Å²) in [5.41, 5.74) is -0.105. The van der Waals surface area contributed by atoms with Crippen molar-refractivity contribution in [1.29, 1.82) is 0 Å². The van der Waals surface area contributed by atoms with Crippen LogP contribution in [0.15, 0.2) is 18.2 Å². The number of carbonyl (C=O) groups excluding carboxylic acids is 2. The Bertz CT molecular complexity index is 496. The summed E-state index contributed by atoms with van der Waals surface area (Å²) in [6.45, 7) is 0. The van der Waals surface area contributed by atoms with Crippen molar-refractivity contribution < 1.29 is 18.4 Å². The number of rotatable bonds is 2. The number of thioether (sulfide) groups is 1. The molecule has 0 aromatic heterocycles. The summed E-state index contributed by atoms with van der Waals surface area (Å²) in [5.74, 6) is -1.56. The lowest BCUT2D eigenvalue weighted by Gasteiger charge is -2.22. The van der Waals surface area contributed by atoms with E-state index in [0.29, 0.717) is 17.6 Å². The lowest BCUT2D eigenvalue weighted by atomic mass is 10.2. The number of amides is 2. The number of anilines is 1. The van der Waals surface area contributed by atoms with E-state index in [2.05, 4.69) is 10.6 Å². The summed E-state index contributed by atoms with van der Waals surface area (Å²) in [5, 5.41) is 4.82. The third-order valence-corrected chi connectivity index (χ3v) is 3.39. The van der Waals surface area contributed by atoms with Gasteiger partial charge in [-0.15, -0.1) is 11.8 Å². The summed E-state index contributed by atoms with van der Waals surface area (Å²) in [4.78, 5) is 22.9. The Balaban J connectivity index is 2.04. The molecule has 1 heterocycles. The first-order chi connectivity index (χ1) is 8.56. The van der Waals surface area contributed by atoms with E-state index in [1.807, 2.05) is 0 Å². The maximum atomic E-state index is 13.3. The van der Waals surface area contributed by atoms with Crippen molar-refractivity contribution in [3.63, 3.8) is 0 Å². The number of hydrogen-bond acceptors (Lipinski definition) is 3. The van der Waals surface area contributed by atoms with Crippen LogP contribution in [0, 0.1) is 11.6 Å². The second-order valence-electron chi connectivity index (χ2n) is 3.75. The maximum absolute atomic E-state index is 13.3. The highest BCUT2D eigenvalue weighted by atomic mass is 32.2. The molecule has 1 aliphatic heterocycles. The lowest BCUT2D eigenvalue weighted by molar-refractivity contribution is -0.124. The molecule has 2 rings (SSSR count). The van der Waals surface area contributed by atoms with Crippen molar-refractivity contribution in [2.75, 3.05) is 16.8 Å². The summed E-state index contributed by atoms with van der Waals surface area (Å²) in [6, 6.07) is 2.18. The van der Waals surface area contributed by atoms with E-state index in [9.17, 15) is 18.4 Å². The molecular weight excluding hydrogens is 262 g/mol. The maximum Gasteiger partial charge on any atom is 0.247 e. The van der Waals surface area contributed by atoms with Gasteiger partial charge in [-0.05, 0) is 12.1 Å². The molecule has 96 valence electrons. The van der Waals surface area contributed by atoms with Crippen LogP contribution in [-0.4, -0.2) is 29.4 Å². The highest BCUT2D eigenvalue weighted by Crippen LogP contribution is 2.16. The molecule has 1 aromatic carbocycles. The van der Waals surface area contributed by atoms with Crippen LogP contribution in [0.5, 0.6) is 0 Å². The monoisotopic (exact) mass is 272 g/mol. The van der Waals surface area contributed by atoms with Crippen LogP contribution in [0.25, 0.3) is 0 Å². The third kappa shape index (κ3) is 2.98. The van der Waals surface area contributed by atoms with Gasteiger partial charge in [0.2, 0.25) is 11.8 Å². The Kier molecular flexibility index (Phi) is 3.81.